The molecule has 21 heteroatoms. The fourth-order valence-corrected chi connectivity index (χ4v) is 7.79. The maximum atomic E-state index is 14.3. The molecule has 14 nitrogen and oxygen atoms in total. The van der Waals surface area contributed by atoms with Gasteiger partial charge in [-0.05, 0) is 44.4 Å². The number of rotatable bonds is 6. The minimum absolute atomic E-state index is 0.0316. The molecule has 1 saturated heterocycles. The molecule has 53 heavy (non-hydrogen) atoms. The highest BCUT2D eigenvalue weighted by atomic mass is 35.5. The number of amides is 2. The van der Waals surface area contributed by atoms with E-state index < -0.39 is 49.5 Å². The molecule has 0 radical (unpaired) electrons. The van der Waals surface area contributed by atoms with E-state index in [0.29, 0.717) is 30.4 Å². The van der Waals surface area contributed by atoms with Crippen LogP contribution in [0, 0.1) is 6.92 Å². The number of piperazine rings is 1. The number of anilines is 2. The molecule has 6 heterocycles. The largest absolute Gasteiger partial charge is 0.504 e. The van der Waals surface area contributed by atoms with Crippen LogP contribution in [0.2, 0.25) is 5.02 Å². The molecular weight excluding hydrogens is 753 g/mol. The molecule has 0 saturated carbocycles. The highest BCUT2D eigenvalue weighted by Crippen LogP contribution is 3.02. The number of carbonyl (C=O) groups is 2. The molecule has 3 aromatic heterocycles. The second kappa shape index (κ2) is 12.4. The summed E-state index contributed by atoms with van der Waals surface area (Å²) in [6.45, 7) is 4.72. The highest BCUT2D eigenvalue weighted by Gasteiger charge is 2.65. The van der Waals surface area contributed by atoms with Gasteiger partial charge in [0.2, 0.25) is 11.7 Å². The van der Waals surface area contributed by atoms with Crippen LogP contribution in [-0.4, -0.2) is 90.3 Å². The standard InChI is InChI=1S/C32H33ClF5N9O5S/c1-17-13-23(29(49)41-22-7-6-20(14-21(22)33)53(34,35,36,37)38)46-25(17)26(31(51)47-32(46)42-28(43-47)19-5-3-4-12-52-15-19)44-8-10-45(11-9-44)30(50)24-27(48)18(2)39-16-40-24/h5-7,14,16-17,23,48H,3-4,8-13,15H2,1-2H3,(H,41,49)/t17-,23-/m0/s1. The van der Waals surface area contributed by atoms with Crippen molar-refractivity contribution in [2.24, 2.45) is 0 Å². The molecule has 0 spiro atoms. The van der Waals surface area contributed by atoms with Gasteiger partial charge in [0.25, 0.3) is 11.5 Å². The van der Waals surface area contributed by atoms with E-state index in [9.17, 15) is 38.9 Å². The van der Waals surface area contributed by atoms with Gasteiger partial charge in [-0.2, -0.15) is 9.50 Å². The third-order valence-corrected chi connectivity index (χ3v) is 11.0. The summed E-state index contributed by atoms with van der Waals surface area (Å²) in [5.41, 5.74) is 0.549. The number of aromatic nitrogens is 6. The lowest BCUT2D eigenvalue weighted by molar-refractivity contribution is -0.119. The number of benzene rings is 1. The summed E-state index contributed by atoms with van der Waals surface area (Å²) in [7, 11) is -10.0. The lowest BCUT2D eigenvalue weighted by Gasteiger charge is -2.40. The predicted octanol–water partition coefficient (Wildman–Crippen LogP) is 5.85. The first-order valence-corrected chi connectivity index (χ1v) is 18.9. The summed E-state index contributed by atoms with van der Waals surface area (Å²) >= 11 is 6.00. The number of nitrogens with one attached hydrogen (secondary N) is 1. The zero-order valence-electron chi connectivity index (χ0n) is 28.2. The van der Waals surface area contributed by atoms with Gasteiger partial charge in [-0.1, -0.05) is 44.0 Å². The molecule has 3 aliphatic heterocycles. The van der Waals surface area contributed by atoms with E-state index in [-0.39, 0.29) is 91.5 Å². The number of fused-ring (bicyclic) bond motifs is 3. The van der Waals surface area contributed by atoms with Gasteiger partial charge < -0.3 is 25.0 Å². The third-order valence-electron chi connectivity index (χ3n) is 9.52. The fraction of sp³-hybridized carbons (Fsp3) is 0.406. The highest BCUT2D eigenvalue weighted by molar-refractivity contribution is 8.45. The smallest absolute Gasteiger partial charge is 0.310 e. The molecule has 0 aliphatic carbocycles. The van der Waals surface area contributed by atoms with E-state index in [1.807, 2.05) is 6.08 Å². The first-order valence-electron chi connectivity index (χ1n) is 16.5. The molecule has 284 valence electrons. The first-order chi connectivity index (χ1) is 24.8. The average Bonchev–Trinajstić information content (AvgIpc) is 3.57. The van der Waals surface area contributed by atoms with Crippen LogP contribution in [0.15, 0.2) is 40.3 Å². The molecule has 1 fully saturated rings. The van der Waals surface area contributed by atoms with Gasteiger partial charge in [0.15, 0.2) is 17.3 Å². The topological polar surface area (TPSA) is 160 Å². The van der Waals surface area contributed by atoms with E-state index >= 15 is 0 Å². The van der Waals surface area contributed by atoms with Gasteiger partial charge in [0.05, 0.1) is 28.7 Å². The van der Waals surface area contributed by atoms with Gasteiger partial charge in [0.1, 0.15) is 23.0 Å². The Morgan fingerprint density at radius 1 is 1.09 bits per heavy atom. The number of carbonyl (C=O) groups excluding carboxylic acids is 2. The zero-order valence-corrected chi connectivity index (χ0v) is 29.8. The Labute approximate surface area is 303 Å². The maximum Gasteiger partial charge on any atom is 0.310 e. The van der Waals surface area contributed by atoms with Crippen LogP contribution in [0.5, 0.6) is 5.75 Å². The third kappa shape index (κ3) is 6.78. The van der Waals surface area contributed by atoms with Crippen molar-refractivity contribution in [3.05, 3.63) is 68.9 Å². The maximum absolute atomic E-state index is 14.3. The molecule has 3 aliphatic rings. The number of aryl methyl sites for hydroxylation is 1. The SMILES string of the molecule is Cc1ncnc(C(=O)N2CCN(c3c4n(c5nc(C6=CCCCOC6)nn5c3=O)[C@H](C(=O)Nc3ccc(S(F)(F)(F)(F)F)cc3Cl)C[C@@H]4C)CC2)c1O. The second-order valence-corrected chi connectivity index (χ2v) is 16.0. The van der Waals surface area contributed by atoms with Crippen molar-refractivity contribution in [3.8, 4) is 5.75 Å². The van der Waals surface area contributed by atoms with Crippen LogP contribution >= 0.6 is 21.8 Å². The Balaban J connectivity index is 1.27. The van der Waals surface area contributed by atoms with Crippen molar-refractivity contribution in [2.75, 3.05) is 49.6 Å². The summed E-state index contributed by atoms with van der Waals surface area (Å²) in [5, 5.41) is 16.6. The number of hydrogen-bond acceptors (Lipinski definition) is 10. The number of hydrogen-bond donors (Lipinski definition) is 2. The predicted molar refractivity (Wildman–Crippen MR) is 185 cm³/mol. The van der Waals surface area contributed by atoms with E-state index in [1.165, 1.54) is 11.2 Å². The Kier molecular flexibility index (Phi) is 8.53. The van der Waals surface area contributed by atoms with Gasteiger partial charge in [-0.3, -0.25) is 19.0 Å². The molecule has 2 atom stereocenters. The molecule has 0 unspecified atom stereocenters. The number of allylic oxidation sites excluding steroid dienone is 1. The molecule has 7 rings (SSSR count). The number of aromatic hydroxyl groups is 1. The molecule has 0 bridgehead atoms. The average molecular weight is 786 g/mol. The van der Waals surface area contributed by atoms with Crippen molar-refractivity contribution in [3.63, 3.8) is 0 Å². The minimum Gasteiger partial charge on any atom is -0.504 e. The summed E-state index contributed by atoms with van der Waals surface area (Å²) in [4.78, 5) is 55.2. The van der Waals surface area contributed by atoms with Crippen LogP contribution in [0.3, 0.4) is 0 Å². The number of ether oxygens (including phenoxy) is 1. The molecule has 1 aromatic carbocycles. The molecule has 2 amide bonds. The van der Waals surface area contributed by atoms with Gasteiger partial charge in [-0.25, -0.2) is 9.97 Å². The Morgan fingerprint density at radius 3 is 2.53 bits per heavy atom. The van der Waals surface area contributed by atoms with E-state index in [0.717, 1.165) is 10.9 Å². The van der Waals surface area contributed by atoms with Crippen LogP contribution in [0.1, 0.15) is 65.8 Å². The molecule has 2 N–H and O–H groups in total. The summed E-state index contributed by atoms with van der Waals surface area (Å²) in [5.74, 6) is -1.78. The lowest BCUT2D eigenvalue weighted by Crippen LogP contribution is -2.51. The number of nitrogens with zero attached hydrogens (tertiary/aromatic N) is 8. The fourth-order valence-electron chi connectivity index (χ4n) is 6.83. The Hall–Kier alpha value is -4.82. The molecule has 4 aromatic rings. The Bertz CT molecular complexity index is 2280. The van der Waals surface area contributed by atoms with Crippen LogP contribution in [-0.2, 0) is 9.53 Å². The van der Waals surface area contributed by atoms with Gasteiger partial charge in [-0.15, -0.1) is 5.10 Å². The summed E-state index contributed by atoms with van der Waals surface area (Å²) in [6, 6.07) is -0.193. The summed E-state index contributed by atoms with van der Waals surface area (Å²) in [6.07, 6.45) is 4.67. The summed E-state index contributed by atoms with van der Waals surface area (Å²) < 4.78 is 75.5. The van der Waals surface area contributed by atoms with Crippen LogP contribution in [0.25, 0.3) is 11.4 Å². The van der Waals surface area contributed by atoms with Gasteiger partial charge >= 0.3 is 10.2 Å². The van der Waals surface area contributed by atoms with Crippen molar-refractivity contribution in [1.82, 2.24) is 34.0 Å². The van der Waals surface area contributed by atoms with E-state index in [1.54, 1.807) is 23.3 Å². The number of halogens is 6. The minimum atomic E-state index is -10.0. The second-order valence-electron chi connectivity index (χ2n) is 13.2. The van der Waals surface area contributed by atoms with E-state index in [4.69, 9.17) is 16.3 Å². The van der Waals surface area contributed by atoms with Crippen molar-refractivity contribution in [2.45, 2.75) is 50.0 Å². The Morgan fingerprint density at radius 2 is 1.83 bits per heavy atom. The van der Waals surface area contributed by atoms with Gasteiger partial charge in [0, 0.05) is 44.3 Å². The van der Waals surface area contributed by atoms with Crippen LogP contribution < -0.4 is 15.8 Å². The van der Waals surface area contributed by atoms with Crippen molar-refractivity contribution >= 4 is 56.4 Å². The quantitative estimate of drug-likeness (QED) is 0.227. The zero-order chi connectivity index (χ0) is 38.1. The first kappa shape index (κ1) is 36.5. The van der Waals surface area contributed by atoms with Crippen molar-refractivity contribution < 1.29 is 38.9 Å². The monoisotopic (exact) mass is 785 g/mol. The molecular formula is C32H33ClF5N9O5S. The van der Waals surface area contributed by atoms with Crippen molar-refractivity contribution in [1.29, 1.82) is 0 Å². The van der Waals surface area contributed by atoms with Crippen LogP contribution in [0.4, 0.5) is 30.8 Å². The van der Waals surface area contributed by atoms with E-state index in [2.05, 4.69) is 25.4 Å². The lowest BCUT2D eigenvalue weighted by atomic mass is 10.0. The normalized spacial score (nSPS) is 20.7.